The number of carbonyl (C=O) groups excluding carboxylic acids is 2. The van der Waals surface area contributed by atoms with E-state index in [1.807, 2.05) is 25.6 Å². The van der Waals surface area contributed by atoms with Crippen LogP contribution in [0.15, 0.2) is 18.2 Å². The van der Waals surface area contributed by atoms with Gasteiger partial charge in [-0.05, 0) is 44.0 Å². The lowest BCUT2D eigenvalue weighted by Gasteiger charge is -2.12. The number of nitrogens with one attached hydrogen (secondary N) is 2. The van der Waals surface area contributed by atoms with Gasteiger partial charge in [-0.25, -0.2) is 0 Å². The first kappa shape index (κ1) is 18.5. The maximum atomic E-state index is 12.3. The highest BCUT2D eigenvalue weighted by molar-refractivity contribution is 5.95. The normalized spacial score (nSPS) is 10.4. The van der Waals surface area contributed by atoms with E-state index in [9.17, 15) is 9.59 Å². The van der Waals surface area contributed by atoms with E-state index in [0.29, 0.717) is 30.0 Å². The van der Waals surface area contributed by atoms with Crippen LogP contribution in [0.25, 0.3) is 0 Å². The molecule has 0 aliphatic heterocycles. The first-order valence-electron chi connectivity index (χ1n) is 8.06. The molecule has 2 amide bonds. The molecule has 2 rings (SSSR count). The minimum Gasteiger partial charge on any atom is -0.495 e. The Morgan fingerprint density at radius 1 is 1.24 bits per heavy atom. The molecule has 0 saturated carbocycles. The lowest BCUT2D eigenvalue weighted by Crippen LogP contribution is -2.14. The zero-order chi connectivity index (χ0) is 18.6. The molecule has 2 N–H and O–H groups in total. The number of aryl methyl sites for hydroxylation is 2. The summed E-state index contributed by atoms with van der Waals surface area (Å²) in [5, 5.41) is 9.90. The molecule has 0 fully saturated rings. The van der Waals surface area contributed by atoms with E-state index in [1.165, 1.54) is 14.0 Å². The summed E-state index contributed by atoms with van der Waals surface area (Å²) in [4.78, 5) is 23.5. The summed E-state index contributed by atoms with van der Waals surface area (Å²) in [7, 11) is 3.43. The van der Waals surface area contributed by atoms with Gasteiger partial charge >= 0.3 is 0 Å². The molecule has 1 aromatic carbocycles. The molecule has 2 aromatic rings. The Bertz CT molecular complexity index is 796. The molecule has 0 spiro atoms. The highest BCUT2D eigenvalue weighted by Crippen LogP contribution is 2.28. The van der Waals surface area contributed by atoms with Gasteiger partial charge in [0.15, 0.2) is 0 Å². The van der Waals surface area contributed by atoms with Crippen LogP contribution in [0.1, 0.15) is 30.3 Å². The Morgan fingerprint density at radius 2 is 1.96 bits per heavy atom. The maximum absolute atomic E-state index is 12.3. The molecule has 134 valence electrons. The predicted molar refractivity (Wildman–Crippen MR) is 96.9 cm³/mol. The zero-order valence-electron chi connectivity index (χ0n) is 15.3. The fourth-order valence-electron chi connectivity index (χ4n) is 2.72. The van der Waals surface area contributed by atoms with Gasteiger partial charge in [-0.1, -0.05) is 0 Å². The monoisotopic (exact) mass is 344 g/mol. The quantitative estimate of drug-likeness (QED) is 0.843. The van der Waals surface area contributed by atoms with Crippen LogP contribution in [-0.2, 0) is 23.1 Å². The highest BCUT2D eigenvalue weighted by atomic mass is 16.5. The summed E-state index contributed by atoms with van der Waals surface area (Å²) in [6, 6.07) is 5.10. The number of aromatic nitrogens is 2. The van der Waals surface area contributed by atoms with Crippen molar-refractivity contribution in [2.75, 3.05) is 17.7 Å². The number of nitrogens with zero attached hydrogens (tertiary/aromatic N) is 2. The summed E-state index contributed by atoms with van der Waals surface area (Å²) < 4.78 is 7.09. The number of amides is 2. The van der Waals surface area contributed by atoms with Gasteiger partial charge in [-0.3, -0.25) is 14.3 Å². The third-order valence-electron chi connectivity index (χ3n) is 4.05. The number of methoxy groups -OCH3 is 1. The van der Waals surface area contributed by atoms with Gasteiger partial charge in [0, 0.05) is 31.8 Å². The van der Waals surface area contributed by atoms with Gasteiger partial charge in [0.05, 0.1) is 18.5 Å². The number of rotatable bonds is 6. The Labute approximate surface area is 147 Å². The Hall–Kier alpha value is -2.83. The van der Waals surface area contributed by atoms with Crippen LogP contribution in [0.4, 0.5) is 11.4 Å². The van der Waals surface area contributed by atoms with Crippen LogP contribution >= 0.6 is 0 Å². The summed E-state index contributed by atoms with van der Waals surface area (Å²) in [5.74, 6) is 0.238. The van der Waals surface area contributed by atoms with Gasteiger partial charge in [0.1, 0.15) is 5.75 Å². The van der Waals surface area contributed by atoms with Crippen LogP contribution < -0.4 is 15.4 Å². The number of carbonyl (C=O) groups is 2. The Morgan fingerprint density at radius 3 is 2.52 bits per heavy atom. The maximum Gasteiger partial charge on any atom is 0.224 e. The standard InChI is InChI=1S/C18H24N4O3/c1-11-15(12(2)22(4)21-11)7-9-18(24)20-16-10-14(19-13(3)23)6-8-17(16)25-5/h6,8,10H,7,9H2,1-5H3,(H,19,23)(H,20,24). The van der Waals surface area contributed by atoms with Gasteiger partial charge in [-0.2, -0.15) is 5.10 Å². The summed E-state index contributed by atoms with van der Waals surface area (Å²) >= 11 is 0. The van der Waals surface area contributed by atoms with Gasteiger partial charge in [0.2, 0.25) is 11.8 Å². The number of hydrogen-bond acceptors (Lipinski definition) is 4. The van der Waals surface area contributed by atoms with Gasteiger partial charge < -0.3 is 15.4 Å². The van der Waals surface area contributed by atoms with Crippen molar-refractivity contribution in [1.29, 1.82) is 0 Å². The van der Waals surface area contributed by atoms with Crippen molar-refractivity contribution in [2.45, 2.75) is 33.6 Å². The van der Waals surface area contributed by atoms with Crippen LogP contribution in [0.5, 0.6) is 5.75 Å². The van der Waals surface area contributed by atoms with Crippen molar-refractivity contribution in [3.05, 3.63) is 35.2 Å². The zero-order valence-corrected chi connectivity index (χ0v) is 15.3. The van der Waals surface area contributed by atoms with Gasteiger partial charge in [0.25, 0.3) is 0 Å². The van der Waals surface area contributed by atoms with E-state index < -0.39 is 0 Å². The molecule has 7 nitrogen and oxygen atoms in total. The molecule has 25 heavy (non-hydrogen) atoms. The second-order valence-electron chi connectivity index (χ2n) is 5.92. The fraction of sp³-hybridized carbons (Fsp3) is 0.389. The van der Waals surface area contributed by atoms with Crippen LogP contribution in [0, 0.1) is 13.8 Å². The molecule has 1 heterocycles. The van der Waals surface area contributed by atoms with Gasteiger partial charge in [-0.15, -0.1) is 0 Å². The smallest absolute Gasteiger partial charge is 0.224 e. The topological polar surface area (TPSA) is 85.2 Å². The molecule has 0 saturated heterocycles. The average Bonchev–Trinajstić information content (AvgIpc) is 2.78. The number of benzene rings is 1. The summed E-state index contributed by atoms with van der Waals surface area (Å²) in [6.45, 7) is 5.37. The number of anilines is 2. The van der Waals surface area contributed by atoms with Crippen molar-refractivity contribution >= 4 is 23.2 Å². The Balaban J connectivity index is 2.07. The molecule has 7 heteroatoms. The van der Waals surface area contributed by atoms with E-state index in [1.54, 1.807) is 18.2 Å². The van der Waals surface area contributed by atoms with E-state index in [-0.39, 0.29) is 11.8 Å². The SMILES string of the molecule is COc1ccc(NC(C)=O)cc1NC(=O)CCc1c(C)nn(C)c1C. The molecule has 0 aliphatic carbocycles. The molecule has 0 aliphatic rings. The van der Waals surface area contributed by atoms with E-state index in [2.05, 4.69) is 15.7 Å². The van der Waals surface area contributed by atoms with Crippen molar-refractivity contribution in [3.8, 4) is 5.75 Å². The van der Waals surface area contributed by atoms with Crippen molar-refractivity contribution in [2.24, 2.45) is 7.05 Å². The molecule has 0 atom stereocenters. The molecule has 0 bridgehead atoms. The van der Waals surface area contributed by atoms with Crippen molar-refractivity contribution in [3.63, 3.8) is 0 Å². The first-order chi connectivity index (χ1) is 11.8. The van der Waals surface area contributed by atoms with E-state index >= 15 is 0 Å². The van der Waals surface area contributed by atoms with E-state index in [4.69, 9.17) is 4.74 Å². The summed E-state index contributed by atoms with van der Waals surface area (Å²) in [5.41, 5.74) is 4.23. The van der Waals surface area contributed by atoms with Crippen molar-refractivity contribution < 1.29 is 14.3 Å². The minimum atomic E-state index is -0.176. The van der Waals surface area contributed by atoms with Crippen LogP contribution in [-0.4, -0.2) is 28.7 Å². The van der Waals surface area contributed by atoms with Crippen molar-refractivity contribution in [1.82, 2.24) is 9.78 Å². The minimum absolute atomic E-state index is 0.124. The third kappa shape index (κ3) is 4.59. The molecular weight excluding hydrogens is 320 g/mol. The second-order valence-corrected chi connectivity index (χ2v) is 5.92. The lowest BCUT2D eigenvalue weighted by molar-refractivity contribution is -0.116. The largest absolute Gasteiger partial charge is 0.495 e. The van der Waals surface area contributed by atoms with Crippen LogP contribution in [0.3, 0.4) is 0 Å². The Kier molecular flexibility index (Phi) is 5.80. The number of hydrogen-bond donors (Lipinski definition) is 2. The molecule has 0 radical (unpaired) electrons. The highest BCUT2D eigenvalue weighted by Gasteiger charge is 2.13. The number of ether oxygens (including phenoxy) is 1. The third-order valence-corrected chi connectivity index (χ3v) is 4.05. The fourth-order valence-corrected chi connectivity index (χ4v) is 2.72. The van der Waals surface area contributed by atoms with E-state index in [0.717, 1.165) is 17.0 Å². The first-order valence-corrected chi connectivity index (χ1v) is 8.06. The lowest BCUT2D eigenvalue weighted by atomic mass is 10.1. The predicted octanol–water partition coefficient (Wildman–Crippen LogP) is 2.58. The van der Waals surface area contributed by atoms with Crippen LogP contribution in [0.2, 0.25) is 0 Å². The molecule has 1 aromatic heterocycles. The summed E-state index contributed by atoms with van der Waals surface area (Å²) in [6.07, 6.45) is 0.950. The molecule has 0 unspecified atom stereocenters. The average molecular weight is 344 g/mol. The second kappa shape index (κ2) is 7.83. The molecular formula is C18H24N4O3.